The molecule has 22 heavy (non-hydrogen) atoms. The van der Waals surface area contributed by atoms with Crippen LogP contribution in [0.3, 0.4) is 0 Å². The zero-order valence-electron chi connectivity index (χ0n) is 13.7. The Morgan fingerprint density at radius 1 is 1.36 bits per heavy atom. The van der Waals surface area contributed by atoms with Crippen LogP contribution in [-0.4, -0.2) is 50.8 Å². The van der Waals surface area contributed by atoms with Crippen LogP contribution in [0.5, 0.6) is 0 Å². The van der Waals surface area contributed by atoms with E-state index in [1.54, 1.807) is 0 Å². The van der Waals surface area contributed by atoms with Crippen LogP contribution in [0.15, 0.2) is 35.3 Å². The van der Waals surface area contributed by atoms with E-state index < -0.39 is 0 Å². The molecule has 2 aliphatic heterocycles. The van der Waals surface area contributed by atoms with Gasteiger partial charge in [0, 0.05) is 32.1 Å². The van der Waals surface area contributed by atoms with Gasteiger partial charge in [-0.05, 0) is 24.3 Å². The van der Waals surface area contributed by atoms with E-state index in [4.69, 9.17) is 4.74 Å². The minimum atomic E-state index is 0.277. The Morgan fingerprint density at radius 3 is 2.77 bits per heavy atom. The highest BCUT2D eigenvalue weighted by molar-refractivity contribution is 5.80. The number of aliphatic imine (C=N–C) groups is 1. The summed E-state index contributed by atoms with van der Waals surface area (Å²) in [4.78, 5) is 6.86. The molecule has 120 valence electrons. The van der Waals surface area contributed by atoms with Gasteiger partial charge in [0.2, 0.25) is 0 Å². The van der Waals surface area contributed by atoms with Crippen molar-refractivity contribution in [1.29, 1.82) is 0 Å². The lowest BCUT2D eigenvalue weighted by Gasteiger charge is -2.39. The van der Waals surface area contributed by atoms with Crippen LogP contribution in [0.1, 0.15) is 18.9 Å². The molecule has 1 aromatic rings. The summed E-state index contributed by atoms with van der Waals surface area (Å²) >= 11 is 0. The lowest BCUT2D eigenvalue weighted by Crippen LogP contribution is -2.51. The molecule has 0 aromatic heterocycles. The van der Waals surface area contributed by atoms with Crippen molar-refractivity contribution >= 4 is 5.96 Å². The van der Waals surface area contributed by atoms with E-state index in [0.717, 1.165) is 44.7 Å². The fourth-order valence-electron chi connectivity index (χ4n) is 3.32. The third-order valence-electron chi connectivity index (χ3n) is 4.74. The number of benzene rings is 1. The van der Waals surface area contributed by atoms with Gasteiger partial charge >= 0.3 is 0 Å². The van der Waals surface area contributed by atoms with E-state index in [0.29, 0.717) is 0 Å². The van der Waals surface area contributed by atoms with Crippen LogP contribution >= 0.6 is 0 Å². The highest BCUT2D eigenvalue weighted by Gasteiger charge is 2.34. The molecule has 2 heterocycles. The van der Waals surface area contributed by atoms with Gasteiger partial charge in [0.25, 0.3) is 0 Å². The molecular formula is C18H27N3O. The van der Waals surface area contributed by atoms with Gasteiger partial charge in [-0.1, -0.05) is 37.3 Å². The number of hydrogen-bond acceptors (Lipinski definition) is 2. The van der Waals surface area contributed by atoms with E-state index >= 15 is 0 Å². The molecule has 1 unspecified atom stereocenters. The molecule has 4 heteroatoms. The monoisotopic (exact) mass is 301 g/mol. The first-order chi connectivity index (χ1) is 10.7. The average molecular weight is 301 g/mol. The topological polar surface area (TPSA) is 36.9 Å². The number of guanidine groups is 1. The highest BCUT2D eigenvalue weighted by Crippen LogP contribution is 2.26. The fourth-order valence-corrected chi connectivity index (χ4v) is 3.32. The summed E-state index contributed by atoms with van der Waals surface area (Å²) < 4.78 is 5.32. The molecule has 1 atom stereocenters. The number of nitrogens with zero attached hydrogens (tertiary/aromatic N) is 2. The number of rotatable bonds is 4. The lowest BCUT2D eigenvalue weighted by molar-refractivity contribution is -0.0972. The second-order valence-corrected chi connectivity index (χ2v) is 6.99. The summed E-state index contributed by atoms with van der Waals surface area (Å²) in [6, 6.07) is 10.8. The Bertz CT molecular complexity index is 510. The number of likely N-dealkylation sites (tertiary alicyclic amines) is 1. The van der Waals surface area contributed by atoms with Crippen molar-refractivity contribution in [2.24, 2.45) is 16.3 Å². The van der Waals surface area contributed by atoms with E-state index in [9.17, 15) is 0 Å². The van der Waals surface area contributed by atoms with Crippen LogP contribution in [0.2, 0.25) is 0 Å². The first-order valence-electron chi connectivity index (χ1n) is 8.26. The predicted molar refractivity (Wildman–Crippen MR) is 90.1 cm³/mol. The Morgan fingerprint density at radius 2 is 2.14 bits per heavy atom. The van der Waals surface area contributed by atoms with Crippen molar-refractivity contribution < 1.29 is 4.74 Å². The molecule has 1 aromatic carbocycles. The summed E-state index contributed by atoms with van der Waals surface area (Å²) in [6.45, 7) is 7.12. The first-order valence-corrected chi connectivity index (χ1v) is 8.26. The molecule has 0 aliphatic carbocycles. The van der Waals surface area contributed by atoms with Gasteiger partial charge in [0.05, 0.1) is 13.2 Å². The van der Waals surface area contributed by atoms with E-state index in [2.05, 4.69) is 52.5 Å². The van der Waals surface area contributed by atoms with Crippen molar-refractivity contribution in [2.75, 3.05) is 39.9 Å². The molecule has 0 bridgehead atoms. The maximum atomic E-state index is 5.32. The van der Waals surface area contributed by atoms with Crippen molar-refractivity contribution in [3.8, 4) is 0 Å². The zero-order valence-corrected chi connectivity index (χ0v) is 13.7. The standard InChI is InChI=1S/C18H27N3O/c1-18(13-22-14-18)12-20-17(19-2)21-9-8-16(11-21)10-15-6-4-3-5-7-15/h3-7,16H,8-14H2,1-2H3,(H,19,20). The van der Waals surface area contributed by atoms with E-state index in [-0.39, 0.29) is 5.41 Å². The van der Waals surface area contributed by atoms with Crippen LogP contribution in [0, 0.1) is 11.3 Å². The molecule has 0 amide bonds. The summed E-state index contributed by atoms with van der Waals surface area (Å²) in [6.07, 6.45) is 2.41. The molecule has 0 radical (unpaired) electrons. The Kier molecular flexibility index (Phi) is 4.67. The minimum absolute atomic E-state index is 0.277. The molecule has 3 rings (SSSR count). The van der Waals surface area contributed by atoms with Crippen molar-refractivity contribution in [3.05, 3.63) is 35.9 Å². The predicted octanol–water partition coefficient (Wildman–Crippen LogP) is 2.16. The second-order valence-electron chi connectivity index (χ2n) is 6.99. The summed E-state index contributed by atoms with van der Waals surface area (Å²) in [5, 5.41) is 3.53. The van der Waals surface area contributed by atoms with Crippen LogP contribution in [-0.2, 0) is 11.2 Å². The average Bonchev–Trinajstić information content (AvgIpc) is 2.95. The van der Waals surface area contributed by atoms with Crippen molar-refractivity contribution in [1.82, 2.24) is 10.2 Å². The third-order valence-corrected chi connectivity index (χ3v) is 4.74. The van der Waals surface area contributed by atoms with Crippen LogP contribution in [0.25, 0.3) is 0 Å². The fraction of sp³-hybridized carbons (Fsp3) is 0.611. The van der Waals surface area contributed by atoms with Gasteiger partial charge in [0.1, 0.15) is 0 Å². The highest BCUT2D eigenvalue weighted by atomic mass is 16.5. The molecule has 2 aliphatic rings. The van der Waals surface area contributed by atoms with Crippen LogP contribution < -0.4 is 5.32 Å². The van der Waals surface area contributed by atoms with Gasteiger partial charge in [-0.25, -0.2) is 0 Å². The van der Waals surface area contributed by atoms with E-state index in [1.807, 2.05) is 7.05 Å². The molecule has 0 saturated carbocycles. The van der Waals surface area contributed by atoms with Gasteiger partial charge in [-0.2, -0.15) is 0 Å². The van der Waals surface area contributed by atoms with Gasteiger partial charge in [-0.3, -0.25) is 4.99 Å². The second kappa shape index (κ2) is 6.69. The number of nitrogens with one attached hydrogen (secondary N) is 1. The maximum Gasteiger partial charge on any atom is 0.193 e. The van der Waals surface area contributed by atoms with Crippen molar-refractivity contribution in [2.45, 2.75) is 19.8 Å². The molecule has 2 saturated heterocycles. The summed E-state index contributed by atoms with van der Waals surface area (Å²) in [5.74, 6) is 1.77. The van der Waals surface area contributed by atoms with Crippen LogP contribution in [0.4, 0.5) is 0 Å². The smallest absolute Gasteiger partial charge is 0.193 e. The Balaban J connectivity index is 1.50. The normalized spacial score (nSPS) is 24.2. The Hall–Kier alpha value is -1.55. The van der Waals surface area contributed by atoms with Gasteiger partial charge < -0.3 is 15.0 Å². The van der Waals surface area contributed by atoms with E-state index in [1.165, 1.54) is 18.4 Å². The quantitative estimate of drug-likeness (QED) is 0.684. The van der Waals surface area contributed by atoms with Crippen molar-refractivity contribution in [3.63, 3.8) is 0 Å². The molecule has 4 nitrogen and oxygen atoms in total. The summed E-state index contributed by atoms with van der Waals surface area (Å²) in [5.41, 5.74) is 1.72. The molecular weight excluding hydrogens is 274 g/mol. The van der Waals surface area contributed by atoms with Gasteiger partial charge in [-0.15, -0.1) is 0 Å². The minimum Gasteiger partial charge on any atom is -0.380 e. The molecule has 0 spiro atoms. The molecule has 1 N–H and O–H groups in total. The number of ether oxygens (including phenoxy) is 1. The summed E-state index contributed by atoms with van der Waals surface area (Å²) in [7, 11) is 1.88. The maximum absolute atomic E-state index is 5.32. The Labute approximate surface area is 133 Å². The number of hydrogen-bond donors (Lipinski definition) is 1. The lowest BCUT2D eigenvalue weighted by atomic mass is 9.89. The SMILES string of the molecule is CN=C(NCC1(C)COC1)N1CCC(Cc2ccccc2)C1. The largest absolute Gasteiger partial charge is 0.380 e. The first kappa shape index (κ1) is 15.3. The third kappa shape index (κ3) is 3.61. The zero-order chi connectivity index (χ0) is 15.4. The van der Waals surface area contributed by atoms with Gasteiger partial charge in [0.15, 0.2) is 5.96 Å². The molecule has 2 fully saturated rings.